The zero-order valence-electron chi connectivity index (χ0n) is 12.4. The predicted molar refractivity (Wildman–Crippen MR) is 89.3 cm³/mol. The number of nitrogens with zero attached hydrogens (tertiary/aromatic N) is 1. The summed E-state index contributed by atoms with van der Waals surface area (Å²) in [5.41, 5.74) is 6.60. The number of nitrogens with two attached hydrogens (primary N) is 1. The Kier molecular flexibility index (Phi) is 5.08. The number of thiophene rings is 1. The number of nitrogen functional groups attached to an aromatic ring is 1. The highest BCUT2D eigenvalue weighted by molar-refractivity contribution is 7.21. The summed E-state index contributed by atoms with van der Waals surface area (Å²) in [6.45, 7) is 4.98. The summed E-state index contributed by atoms with van der Waals surface area (Å²) in [6, 6.07) is 5.48. The number of hydrogen-bond donors (Lipinski definition) is 1. The molecule has 0 aliphatic heterocycles. The molecule has 0 aliphatic rings. The number of anilines is 1. The van der Waals surface area contributed by atoms with Crippen LogP contribution in [0.1, 0.15) is 23.5 Å². The molecule has 0 saturated carbocycles. The molecule has 21 heavy (non-hydrogen) atoms. The van der Waals surface area contributed by atoms with Gasteiger partial charge in [-0.15, -0.1) is 11.3 Å². The molecule has 1 amide bonds. The van der Waals surface area contributed by atoms with Gasteiger partial charge in [0, 0.05) is 28.7 Å². The second-order valence-corrected chi connectivity index (χ2v) is 6.62. The molecule has 2 rings (SSSR count). The third-order valence-corrected chi connectivity index (χ3v) is 4.52. The minimum Gasteiger partial charge on any atom is -0.397 e. The van der Waals surface area contributed by atoms with Crippen LogP contribution in [0, 0.1) is 0 Å². The third-order valence-electron chi connectivity index (χ3n) is 3.11. The average Bonchev–Trinajstić information content (AvgIpc) is 2.74. The standard InChI is InChI=1S/C15H19ClN2O2S/c1-9(2)20-7-6-18(3)15(19)14-13(17)11-8-10(16)4-5-12(11)21-14/h4-5,8-9H,6-7,17H2,1-3H3. The van der Waals surface area contributed by atoms with Gasteiger partial charge in [-0.3, -0.25) is 4.79 Å². The Balaban J connectivity index is 2.17. The molecule has 0 unspecified atom stereocenters. The van der Waals surface area contributed by atoms with Gasteiger partial charge in [0.2, 0.25) is 0 Å². The van der Waals surface area contributed by atoms with Gasteiger partial charge in [-0.2, -0.15) is 0 Å². The van der Waals surface area contributed by atoms with Crippen molar-refractivity contribution in [2.45, 2.75) is 20.0 Å². The minimum atomic E-state index is -0.0859. The van der Waals surface area contributed by atoms with E-state index in [1.54, 1.807) is 24.1 Å². The number of benzene rings is 1. The van der Waals surface area contributed by atoms with E-state index in [-0.39, 0.29) is 12.0 Å². The maximum absolute atomic E-state index is 12.5. The van der Waals surface area contributed by atoms with Crippen LogP contribution in [0.15, 0.2) is 18.2 Å². The van der Waals surface area contributed by atoms with E-state index in [0.29, 0.717) is 28.7 Å². The minimum absolute atomic E-state index is 0.0859. The van der Waals surface area contributed by atoms with Crippen molar-refractivity contribution in [1.29, 1.82) is 0 Å². The highest BCUT2D eigenvalue weighted by Gasteiger charge is 2.19. The molecule has 1 aromatic heterocycles. The number of carbonyl (C=O) groups is 1. The predicted octanol–water partition coefficient (Wildman–Crippen LogP) is 3.63. The summed E-state index contributed by atoms with van der Waals surface area (Å²) in [5, 5.41) is 1.45. The molecule has 0 spiro atoms. The Bertz CT molecular complexity index is 654. The van der Waals surface area contributed by atoms with Crippen molar-refractivity contribution in [1.82, 2.24) is 4.90 Å². The van der Waals surface area contributed by atoms with Gasteiger partial charge in [-0.25, -0.2) is 0 Å². The van der Waals surface area contributed by atoms with Crippen molar-refractivity contribution in [3.8, 4) is 0 Å². The van der Waals surface area contributed by atoms with Gasteiger partial charge in [0.25, 0.3) is 5.91 Å². The number of hydrogen-bond acceptors (Lipinski definition) is 4. The Morgan fingerprint density at radius 3 is 2.86 bits per heavy atom. The van der Waals surface area contributed by atoms with Crippen LogP contribution in [-0.4, -0.2) is 37.1 Å². The Labute approximate surface area is 133 Å². The van der Waals surface area contributed by atoms with E-state index < -0.39 is 0 Å². The lowest BCUT2D eigenvalue weighted by atomic mass is 10.2. The largest absolute Gasteiger partial charge is 0.397 e. The second-order valence-electron chi connectivity index (χ2n) is 5.13. The normalized spacial score (nSPS) is 11.3. The highest BCUT2D eigenvalue weighted by Crippen LogP contribution is 2.35. The lowest BCUT2D eigenvalue weighted by Gasteiger charge is -2.17. The number of halogens is 1. The summed E-state index contributed by atoms with van der Waals surface area (Å²) in [7, 11) is 1.75. The summed E-state index contributed by atoms with van der Waals surface area (Å²) in [5.74, 6) is -0.0859. The van der Waals surface area contributed by atoms with Crippen molar-refractivity contribution >= 4 is 44.6 Å². The monoisotopic (exact) mass is 326 g/mol. The summed E-state index contributed by atoms with van der Waals surface area (Å²) >= 11 is 7.37. The molecule has 4 nitrogen and oxygen atoms in total. The van der Waals surface area contributed by atoms with E-state index in [1.807, 2.05) is 19.9 Å². The number of rotatable bonds is 5. The zero-order chi connectivity index (χ0) is 15.6. The second kappa shape index (κ2) is 6.64. The van der Waals surface area contributed by atoms with E-state index in [1.165, 1.54) is 11.3 Å². The molecule has 2 N–H and O–H groups in total. The lowest BCUT2D eigenvalue weighted by molar-refractivity contribution is 0.0535. The van der Waals surface area contributed by atoms with Crippen molar-refractivity contribution in [2.24, 2.45) is 0 Å². The third kappa shape index (κ3) is 3.67. The smallest absolute Gasteiger partial charge is 0.265 e. The van der Waals surface area contributed by atoms with Gasteiger partial charge in [0.1, 0.15) is 4.88 Å². The lowest BCUT2D eigenvalue weighted by Crippen LogP contribution is -2.30. The van der Waals surface area contributed by atoms with Crippen LogP contribution in [0.4, 0.5) is 5.69 Å². The molecule has 0 aliphatic carbocycles. The van der Waals surface area contributed by atoms with Crippen LogP contribution >= 0.6 is 22.9 Å². The van der Waals surface area contributed by atoms with Gasteiger partial charge >= 0.3 is 0 Å². The van der Waals surface area contributed by atoms with Gasteiger partial charge < -0.3 is 15.4 Å². The molecular formula is C15H19ClN2O2S. The van der Waals surface area contributed by atoms with Crippen LogP contribution in [0.3, 0.4) is 0 Å². The molecule has 0 fully saturated rings. The number of likely N-dealkylation sites (N-methyl/N-ethyl adjacent to an activating group) is 1. The van der Waals surface area contributed by atoms with E-state index in [4.69, 9.17) is 22.1 Å². The molecular weight excluding hydrogens is 308 g/mol. The van der Waals surface area contributed by atoms with Crippen molar-refractivity contribution in [3.63, 3.8) is 0 Å². The van der Waals surface area contributed by atoms with E-state index in [2.05, 4.69) is 0 Å². The van der Waals surface area contributed by atoms with Crippen molar-refractivity contribution in [3.05, 3.63) is 28.1 Å². The number of fused-ring (bicyclic) bond motifs is 1. The van der Waals surface area contributed by atoms with Crippen molar-refractivity contribution in [2.75, 3.05) is 25.9 Å². The first-order valence-electron chi connectivity index (χ1n) is 6.74. The molecule has 0 atom stereocenters. The highest BCUT2D eigenvalue weighted by atomic mass is 35.5. The van der Waals surface area contributed by atoms with E-state index >= 15 is 0 Å². The topological polar surface area (TPSA) is 55.6 Å². The van der Waals surface area contributed by atoms with E-state index in [9.17, 15) is 4.79 Å². The maximum Gasteiger partial charge on any atom is 0.265 e. The van der Waals surface area contributed by atoms with Crippen LogP contribution in [0.25, 0.3) is 10.1 Å². The Morgan fingerprint density at radius 1 is 1.48 bits per heavy atom. The first kappa shape index (κ1) is 16.1. The number of carbonyl (C=O) groups excluding carboxylic acids is 1. The molecule has 6 heteroatoms. The van der Waals surface area contributed by atoms with Crippen LogP contribution in [-0.2, 0) is 4.74 Å². The SMILES string of the molecule is CC(C)OCCN(C)C(=O)c1sc2ccc(Cl)cc2c1N. The quantitative estimate of drug-likeness (QED) is 0.912. The fraction of sp³-hybridized carbons (Fsp3) is 0.400. The summed E-state index contributed by atoms with van der Waals surface area (Å²) in [6.07, 6.45) is 0.157. The maximum atomic E-state index is 12.5. The van der Waals surface area contributed by atoms with Gasteiger partial charge in [0.05, 0.1) is 18.4 Å². The average molecular weight is 327 g/mol. The number of amides is 1. The Morgan fingerprint density at radius 2 is 2.19 bits per heavy atom. The van der Waals surface area contributed by atoms with Crippen LogP contribution in [0.5, 0.6) is 0 Å². The molecule has 0 radical (unpaired) electrons. The van der Waals surface area contributed by atoms with Gasteiger partial charge in [-0.1, -0.05) is 11.6 Å². The molecule has 0 saturated heterocycles. The first-order valence-corrected chi connectivity index (χ1v) is 7.94. The summed E-state index contributed by atoms with van der Waals surface area (Å²) in [4.78, 5) is 14.6. The first-order chi connectivity index (χ1) is 9.90. The van der Waals surface area contributed by atoms with Crippen molar-refractivity contribution < 1.29 is 9.53 Å². The van der Waals surface area contributed by atoms with Gasteiger partial charge in [-0.05, 0) is 32.0 Å². The van der Waals surface area contributed by atoms with E-state index in [0.717, 1.165) is 10.1 Å². The number of ether oxygens (including phenoxy) is 1. The molecule has 114 valence electrons. The molecule has 0 bridgehead atoms. The zero-order valence-corrected chi connectivity index (χ0v) is 13.9. The van der Waals surface area contributed by atoms with Crippen LogP contribution in [0.2, 0.25) is 5.02 Å². The van der Waals surface area contributed by atoms with Crippen LogP contribution < -0.4 is 5.73 Å². The fourth-order valence-corrected chi connectivity index (χ4v) is 3.22. The molecule has 1 heterocycles. The van der Waals surface area contributed by atoms with Gasteiger partial charge in [0.15, 0.2) is 0 Å². The Hall–Kier alpha value is -1.30. The molecule has 1 aromatic carbocycles. The fourth-order valence-electron chi connectivity index (χ4n) is 1.95. The molecule has 2 aromatic rings. The summed E-state index contributed by atoms with van der Waals surface area (Å²) < 4.78 is 6.43.